The van der Waals surface area contributed by atoms with Crippen molar-refractivity contribution in [3.63, 3.8) is 0 Å². The van der Waals surface area contributed by atoms with E-state index >= 15 is 0 Å². The van der Waals surface area contributed by atoms with E-state index < -0.39 is 0 Å². The third-order valence-corrected chi connectivity index (χ3v) is 4.79. The molecule has 1 saturated heterocycles. The molecular weight excluding hydrogens is 312 g/mol. The second-order valence-corrected chi connectivity index (χ2v) is 7.23. The lowest BCUT2D eigenvalue weighted by atomic mass is 10.1. The number of amides is 1. The topological polar surface area (TPSA) is 41.4 Å². The molecule has 1 aliphatic heterocycles. The molecule has 0 unspecified atom stereocenters. The van der Waals surface area contributed by atoms with Crippen LogP contribution in [-0.2, 0) is 4.79 Å². The third-order valence-electron chi connectivity index (χ3n) is 4.79. The lowest BCUT2D eigenvalue weighted by Crippen LogP contribution is -2.49. The minimum Gasteiger partial charge on any atom is -0.365 e. The molecule has 1 amide bonds. The van der Waals surface area contributed by atoms with E-state index in [0.717, 1.165) is 43.3 Å². The number of hydrogen-bond donors (Lipinski definition) is 0. The highest BCUT2D eigenvalue weighted by atomic mass is 16.2. The molecule has 134 valence electrons. The van der Waals surface area contributed by atoms with Gasteiger partial charge in [0.25, 0.3) is 0 Å². The smallest absolute Gasteiger partial charge is 0.222 e. The zero-order valence-electron chi connectivity index (χ0n) is 15.7. The molecule has 0 bridgehead atoms. The molecule has 5 nitrogen and oxygen atoms in total. The highest BCUT2D eigenvalue weighted by molar-refractivity contribution is 5.76. The van der Waals surface area contributed by atoms with Crippen LogP contribution in [0.1, 0.15) is 31.7 Å². The SMILES string of the molecule is Cc1nn(-c2ccccc2)c(C)c1N1CCN(C(=O)CC(C)C)CC1. The Bertz CT molecular complexity index is 728. The van der Waals surface area contributed by atoms with Crippen LogP contribution in [-0.4, -0.2) is 46.8 Å². The maximum Gasteiger partial charge on any atom is 0.222 e. The van der Waals surface area contributed by atoms with E-state index in [4.69, 9.17) is 5.10 Å². The lowest BCUT2D eigenvalue weighted by Gasteiger charge is -2.36. The fourth-order valence-corrected chi connectivity index (χ4v) is 3.57. The van der Waals surface area contributed by atoms with Gasteiger partial charge in [-0.15, -0.1) is 0 Å². The second-order valence-electron chi connectivity index (χ2n) is 7.23. The highest BCUT2D eigenvalue weighted by Crippen LogP contribution is 2.27. The number of piperazine rings is 1. The van der Waals surface area contributed by atoms with Crippen LogP contribution in [0, 0.1) is 19.8 Å². The molecular formula is C20H28N4O. The lowest BCUT2D eigenvalue weighted by molar-refractivity contribution is -0.132. The van der Waals surface area contributed by atoms with Gasteiger partial charge in [-0.1, -0.05) is 32.0 Å². The van der Waals surface area contributed by atoms with E-state index in [2.05, 4.69) is 44.7 Å². The quantitative estimate of drug-likeness (QED) is 0.858. The Morgan fingerprint density at radius 2 is 1.72 bits per heavy atom. The second kappa shape index (κ2) is 7.30. The van der Waals surface area contributed by atoms with Gasteiger partial charge in [0.1, 0.15) is 0 Å². The summed E-state index contributed by atoms with van der Waals surface area (Å²) in [4.78, 5) is 16.6. The summed E-state index contributed by atoms with van der Waals surface area (Å²) in [5.41, 5.74) is 4.49. The summed E-state index contributed by atoms with van der Waals surface area (Å²) in [5, 5.41) is 4.74. The summed E-state index contributed by atoms with van der Waals surface area (Å²) in [6.45, 7) is 11.7. The molecule has 2 aromatic rings. The zero-order chi connectivity index (χ0) is 18.0. The molecule has 5 heteroatoms. The van der Waals surface area contributed by atoms with Gasteiger partial charge >= 0.3 is 0 Å². The Morgan fingerprint density at radius 3 is 2.32 bits per heavy atom. The number of carbonyl (C=O) groups excluding carboxylic acids is 1. The normalized spacial score (nSPS) is 15.1. The molecule has 3 rings (SSSR count). The Morgan fingerprint density at radius 1 is 1.08 bits per heavy atom. The van der Waals surface area contributed by atoms with Gasteiger partial charge in [0.2, 0.25) is 5.91 Å². The Labute approximate surface area is 150 Å². The van der Waals surface area contributed by atoms with Gasteiger partial charge in [-0.25, -0.2) is 4.68 Å². The van der Waals surface area contributed by atoms with Crippen molar-refractivity contribution in [1.29, 1.82) is 0 Å². The molecule has 0 spiro atoms. The van der Waals surface area contributed by atoms with Gasteiger partial charge in [-0.2, -0.15) is 5.10 Å². The fourth-order valence-electron chi connectivity index (χ4n) is 3.57. The molecule has 1 aromatic carbocycles. The van der Waals surface area contributed by atoms with E-state index in [1.54, 1.807) is 0 Å². The molecule has 0 aliphatic carbocycles. The summed E-state index contributed by atoms with van der Waals surface area (Å²) in [5.74, 6) is 0.696. The first kappa shape index (κ1) is 17.5. The number of nitrogens with zero attached hydrogens (tertiary/aromatic N) is 4. The minimum absolute atomic E-state index is 0.281. The van der Waals surface area contributed by atoms with Crippen LogP contribution in [0.3, 0.4) is 0 Å². The van der Waals surface area contributed by atoms with Crippen LogP contribution in [0.2, 0.25) is 0 Å². The molecule has 2 heterocycles. The zero-order valence-corrected chi connectivity index (χ0v) is 15.7. The van der Waals surface area contributed by atoms with Crippen LogP contribution in [0.25, 0.3) is 5.69 Å². The highest BCUT2D eigenvalue weighted by Gasteiger charge is 2.25. The van der Waals surface area contributed by atoms with Crippen LogP contribution < -0.4 is 4.90 Å². The standard InChI is InChI=1S/C20H28N4O/c1-15(2)14-19(25)22-10-12-23(13-11-22)20-16(3)21-24(17(20)4)18-8-6-5-7-9-18/h5-9,15H,10-14H2,1-4H3. The molecule has 1 aliphatic rings. The number of aromatic nitrogens is 2. The Kier molecular flexibility index (Phi) is 5.11. The van der Waals surface area contributed by atoms with Crippen molar-refractivity contribution < 1.29 is 4.79 Å². The number of para-hydroxylation sites is 1. The number of benzene rings is 1. The monoisotopic (exact) mass is 340 g/mol. The van der Waals surface area contributed by atoms with E-state index in [0.29, 0.717) is 12.3 Å². The summed E-state index contributed by atoms with van der Waals surface area (Å²) in [6, 6.07) is 10.2. The van der Waals surface area contributed by atoms with E-state index in [-0.39, 0.29) is 5.91 Å². The maximum atomic E-state index is 12.3. The van der Waals surface area contributed by atoms with Crippen LogP contribution in [0.4, 0.5) is 5.69 Å². The van der Waals surface area contributed by atoms with Gasteiger partial charge in [-0.3, -0.25) is 4.79 Å². The Balaban J connectivity index is 1.74. The Hall–Kier alpha value is -2.30. The predicted octanol–water partition coefficient (Wildman–Crippen LogP) is 3.18. The van der Waals surface area contributed by atoms with Gasteiger partial charge in [-0.05, 0) is 31.9 Å². The number of rotatable bonds is 4. The number of aryl methyl sites for hydroxylation is 1. The average Bonchev–Trinajstić information content (AvgIpc) is 2.90. The summed E-state index contributed by atoms with van der Waals surface area (Å²) in [6.07, 6.45) is 0.643. The largest absolute Gasteiger partial charge is 0.365 e. The van der Waals surface area contributed by atoms with Crippen molar-refractivity contribution in [3.8, 4) is 5.69 Å². The van der Waals surface area contributed by atoms with Crippen molar-refractivity contribution in [2.24, 2.45) is 5.92 Å². The molecule has 0 saturated carbocycles. The average molecular weight is 340 g/mol. The molecule has 25 heavy (non-hydrogen) atoms. The number of carbonyl (C=O) groups is 1. The van der Waals surface area contributed by atoms with E-state index in [9.17, 15) is 4.79 Å². The first-order chi connectivity index (χ1) is 12.0. The van der Waals surface area contributed by atoms with Crippen LogP contribution in [0.5, 0.6) is 0 Å². The van der Waals surface area contributed by atoms with Crippen LogP contribution in [0.15, 0.2) is 30.3 Å². The fraction of sp³-hybridized carbons (Fsp3) is 0.500. The summed E-state index contributed by atoms with van der Waals surface area (Å²) >= 11 is 0. The predicted molar refractivity (Wildman–Crippen MR) is 101 cm³/mol. The molecule has 0 atom stereocenters. The number of anilines is 1. The summed E-state index contributed by atoms with van der Waals surface area (Å²) in [7, 11) is 0. The first-order valence-electron chi connectivity index (χ1n) is 9.11. The van der Waals surface area contributed by atoms with Crippen molar-refractivity contribution in [3.05, 3.63) is 41.7 Å². The minimum atomic E-state index is 0.281. The van der Waals surface area contributed by atoms with Gasteiger partial charge in [0, 0.05) is 32.6 Å². The first-order valence-corrected chi connectivity index (χ1v) is 9.11. The maximum absolute atomic E-state index is 12.3. The molecule has 1 fully saturated rings. The molecule has 1 aromatic heterocycles. The molecule has 0 radical (unpaired) electrons. The number of hydrogen-bond acceptors (Lipinski definition) is 3. The third kappa shape index (κ3) is 3.70. The van der Waals surface area contributed by atoms with Gasteiger partial charge < -0.3 is 9.80 Å². The van der Waals surface area contributed by atoms with Crippen molar-refractivity contribution >= 4 is 11.6 Å². The van der Waals surface area contributed by atoms with E-state index in [1.165, 1.54) is 5.69 Å². The van der Waals surface area contributed by atoms with Crippen molar-refractivity contribution in [2.75, 3.05) is 31.1 Å². The van der Waals surface area contributed by atoms with Crippen molar-refractivity contribution in [2.45, 2.75) is 34.1 Å². The van der Waals surface area contributed by atoms with Crippen LogP contribution >= 0.6 is 0 Å². The molecule has 0 N–H and O–H groups in total. The van der Waals surface area contributed by atoms with E-state index in [1.807, 2.05) is 27.8 Å². The summed E-state index contributed by atoms with van der Waals surface area (Å²) < 4.78 is 2.01. The van der Waals surface area contributed by atoms with Gasteiger partial charge in [0.05, 0.1) is 22.8 Å². The van der Waals surface area contributed by atoms with Gasteiger partial charge in [0.15, 0.2) is 0 Å². The van der Waals surface area contributed by atoms with Crippen molar-refractivity contribution in [1.82, 2.24) is 14.7 Å².